The molecule has 2 saturated heterocycles. The molecule has 1 aromatic heterocycles. The highest BCUT2D eigenvalue weighted by atomic mass is 16.8. The van der Waals surface area contributed by atoms with Crippen molar-refractivity contribution in [1.82, 2.24) is 0 Å². The molecular weight excluding hydrogens is 568 g/mol. The summed E-state index contributed by atoms with van der Waals surface area (Å²) in [5.41, 5.74) is -0.938. The number of hydrogen-bond acceptors (Lipinski definition) is 16. The standard InChI is InChI=1S/C26H28O16/c27-6-16-20(34)22(36)24(42-25-23(37)18(32)12(31)7-38-25)26(41-16)40-15-5-14-17(21(35)19(15)33)11(30)4-13(39-14)8-1-2-9(28)10(29)3-8/h1-5,12,16,18,20,22-29,31-37H,6-7H2/t12-,16-,18+,20-,22+,23-,24-,25+,26-/m1/s1. The molecule has 2 aliphatic heterocycles. The largest absolute Gasteiger partial charge is 0.504 e. The van der Waals surface area contributed by atoms with E-state index in [9.17, 15) is 55.9 Å². The third kappa shape index (κ3) is 5.31. The Hall–Kier alpha value is -3.71. The fourth-order valence-corrected chi connectivity index (χ4v) is 4.65. The van der Waals surface area contributed by atoms with Crippen LogP contribution in [0.5, 0.6) is 28.7 Å². The number of aromatic hydroxyl groups is 4. The van der Waals surface area contributed by atoms with Crippen molar-refractivity contribution in [3.63, 3.8) is 0 Å². The Bertz CT molecular complexity index is 1510. The summed E-state index contributed by atoms with van der Waals surface area (Å²) in [6, 6.07) is 5.59. The molecule has 0 spiro atoms. The Labute approximate surface area is 235 Å². The molecule has 2 aromatic carbocycles. The highest BCUT2D eigenvalue weighted by Gasteiger charge is 2.50. The first-order chi connectivity index (χ1) is 19.9. The van der Waals surface area contributed by atoms with E-state index in [0.29, 0.717) is 0 Å². The predicted octanol–water partition coefficient (Wildman–Crippen LogP) is -2.08. The molecule has 0 bridgehead atoms. The minimum atomic E-state index is -1.86. The molecule has 0 radical (unpaired) electrons. The molecule has 3 heterocycles. The minimum Gasteiger partial charge on any atom is -0.504 e. The molecule has 0 saturated carbocycles. The number of rotatable bonds is 6. The summed E-state index contributed by atoms with van der Waals surface area (Å²) >= 11 is 0. The van der Waals surface area contributed by atoms with E-state index >= 15 is 0 Å². The molecule has 3 aromatic rings. The lowest BCUT2D eigenvalue weighted by Gasteiger charge is -2.44. The Morgan fingerprint density at radius 2 is 1.57 bits per heavy atom. The van der Waals surface area contributed by atoms with E-state index in [0.717, 1.165) is 24.3 Å². The maximum Gasteiger partial charge on any atom is 0.229 e. The van der Waals surface area contributed by atoms with E-state index in [1.165, 1.54) is 6.07 Å². The smallest absolute Gasteiger partial charge is 0.229 e. The third-order valence-electron chi connectivity index (χ3n) is 7.00. The Balaban J connectivity index is 1.52. The van der Waals surface area contributed by atoms with E-state index in [1.54, 1.807) is 0 Å². The topological polar surface area (TPSA) is 269 Å². The van der Waals surface area contributed by atoms with Gasteiger partial charge in [0, 0.05) is 17.7 Å². The normalized spacial score (nSPS) is 31.7. The van der Waals surface area contributed by atoms with Gasteiger partial charge in [-0.1, -0.05) is 0 Å². The van der Waals surface area contributed by atoms with Crippen molar-refractivity contribution < 1.29 is 74.4 Å². The maximum absolute atomic E-state index is 12.8. The van der Waals surface area contributed by atoms with Gasteiger partial charge in [-0.15, -0.1) is 0 Å². The number of ether oxygens (including phenoxy) is 4. The number of benzene rings is 2. The Morgan fingerprint density at radius 1 is 0.833 bits per heavy atom. The molecule has 228 valence electrons. The van der Waals surface area contributed by atoms with Crippen molar-refractivity contribution in [2.45, 2.75) is 55.3 Å². The highest BCUT2D eigenvalue weighted by Crippen LogP contribution is 2.43. The lowest BCUT2D eigenvalue weighted by atomic mass is 9.98. The van der Waals surface area contributed by atoms with Crippen LogP contribution in [0.2, 0.25) is 0 Å². The van der Waals surface area contributed by atoms with Gasteiger partial charge in [0.1, 0.15) is 53.4 Å². The van der Waals surface area contributed by atoms with Gasteiger partial charge in [0.25, 0.3) is 0 Å². The number of phenols is 4. The van der Waals surface area contributed by atoms with Crippen LogP contribution in [-0.2, 0) is 14.2 Å². The molecule has 0 unspecified atom stereocenters. The van der Waals surface area contributed by atoms with Gasteiger partial charge >= 0.3 is 0 Å². The molecule has 16 heteroatoms. The van der Waals surface area contributed by atoms with Gasteiger partial charge in [-0.3, -0.25) is 4.79 Å². The van der Waals surface area contributed by atoms with Crippen molar-refractivity contribution in [1.29, 1.82) is 0 Å². The lowest BCUT2D eigenvalue weighted by molar-refractivity contribution is -0.345. The fraction of sp³-hybridized carbons (Fsp3) is 0.423. The first-order valence-corrected chi connectivity index (χ1v) is 12.6. The highest BCUT2D eigenvalue weighted by molar-refractivity contribution is 5.89. The second-order valence-electron chi connectivity index (χ2n) is 9.80. The van der Waals surface area contributed by atoms with Crippen LogP contribution in [0.15, 0.2) is 39.5 Å². The van der Waals surface area contributed by atoms with Crippen LogP contribution in [0.1, 0.15) is 0 Å². The average molecular weight is 596 g/mol. The Morgan fingerprint density at radius 3 is 2.26 bits per heavy atom. The van der Waals surface area contributed by atoms with Gasteiger partial charge in [-0.25, -0.2) is 0 Å². The molecule has 10 N–H and O–H groups in total. The maximum atomic E-state index is 12.8. The van der Waals surface area contributed by atoms with Crippen LogP contribution in [0.25, 0.3) is 22.3 Å². The van der Waals surface area contributed by atoms with Crippen LogP contribution in [0.4, 0.5) is 0 Å². The first kappa shape index (κ1) is 29.8. The number of aliphatic hydroxyl groups is 6. The third-order valence-corrected chi connectivity index (χ3v) is 7.00. The van der Waals surface area contributed by atoms with Gasteiger partial charge in [0.05, 0.1) is 13.2 Å². The second-order valence-corrected chi connectivity index (χ2v) is 9.80. The zero-order valence-corrected chi connectivity index (χ0v) is 21.4. The number of phenolic OH excluding ortho intramolecular Hbond substituents is 4. The van der Waals surface area contributed by atoms with E-state index in [4.69, 9.17) is 23.4 Å². The molecular formula is C26H28O16. The van der Waals surface area contributed by atoms with Gasteiger partial charge in [-0.05, 0) is 18.2 Å². The summed E-state index contributed by atoms with van der Waals surface area (Å²) in [4.78, 5) is 12.8. The predicted molar refractivity (Wildman–Crippen MR) is 136 cm³/mol. The van der Waals surface area contributed by atoms with E-state index in [2.05, 4.69) is 0 Å². The second kappa shape index (κ2) is 11.5. The molecule has 0 aliphatic carbocycles. The van der Waals surface area contributed by atoms with Crippen LogP contribution in [-0.4, -0.2) is 120 Å². The summed E-state index contributed by atoms with van der Waals surface area (Å²) < 4.78 is 27.6. The zero-order valence-electron chi connectivity index (χ0n) is 21.4. The summed E-state index contributed by atoms with van der Waals surface area (Å²) in [6.45, 7) is -1.26. The van der Waals surface area contributed by atoms with E-state index in [1.807, 2.05) is 0 Å². The van der Waals surface area contributed by atoms with Crippen molar-refractivity contribution in [2.24, 2.45) is 0 Å². The zero-order chi connectivity index (χ0) is 30.5. The van der Waals surface area contributed by atoms with Crippen LogP contribution < -0.4 is 10.2 Å². The summed E-state index contributed by atoms with van der Waals surface area (Å²) in [6.07, 6.45) is -15.1. The molecule has 16 nitrogen and oxygen atoms in total. The molecule has 9 atom stereocenters. The monoisotopic (exact) mass is 596 g/mol. The molecule has 0 amide bonds. The molecule has 5 rings (SSSR count). The summed E-state index contributed by atoms with van der Waals surface area (Å²) in [7, 11) is 0. The van der Waals surface area contributed by atoms with Crippen LogP contribution in [0.3, 0.4) is 0 Å². The van der Waals surface area contributed by atoms with Crippen molar-refractivity contribution in [2.75, 3.05) is 13.2 Å². The van der Waals surface area contributed by atoms with Gasteiger partial charge < -0.3 is 74.4 Å². The number of fused-ring (bicyclic) bond motifs is 1. The fourth-order valence-electron chi connectivity index (χ4n) is 4.65. The lowest BCUT2D eigenvalue weighted by Crippen LogP contribution is -2.63. The quantitative estimate of drug-likeness (QED) is 0.137. The van der Waals surface area contributed by atoms with E-state index in [-0.39, 0.29) is 16.9 Å². The SMILES string of the molecule is O=c1cc(-c2ccc(O)c(O)c2)oc2cc(O[C@@H]3O[C@H](CO)[C@@H](O)[C@H](O)[C@H]3O[C@@H]3OC[C@@H](O)[C@H](O)[C@H]3O)c(O)c(O)c12. The molecule has 2 fully saturated rings. The number of aliphatic hydroxyl groups excluding tert-OH is 6. The van der Waals surface area contributed by atoms with Crippen molar-refractivity contribution in [3.8, 4) is 40.1 Å². The van der Waals surface area contributed by atoms with Gasteiger partial charge in [-0.2, -0.15) is 0 Å². The average Bonchev–Trinajstić information content (AvgIpc) is 2.96. The number of hydrogen-bond donors (Lipinski definition) is 10. The van der Waals surface area contributed by atoms with Gasteiger partial charge in [0.15, 0.2) is 40.8 Å². The van der Waals surface area contributed by atoms with E-state index < -0.39 is 108 Å². The first-order valence-electron chi connectivity index (χ1n) is 12.6. The Kier molecular flexibility index (Phi) is 8.17. The summed E-state index contributed by atoms with van der Waals surface area (Å²) in [5, 5.41) is 101. The van der Waals surface area contributed by atoms with Crippen LogP contribution in [0, 0.1) is 0 Å². The van der Waals surface area contributed by atoms with Crippen LogP contribution >= 0.6 is 0 Å². The minimum absolute atomic E-state index is 0.1000. The van der Waals surface area contributed by atoms with Crippen molar-refractivity contribution in [3.05, 3.63) is 40.6 Å². The van der Waals surface area contributed by atoms with Crippen molar-refractivity contribution >= 4 is 11.0 Å². The summed E-state index contributed by atoms with van der Waals surface area (Å²) in [5.74, 6) is -3.51. The molecule has 2 aliphatic rings. The molecule has 42 heavy (non-hydrogen) atoms. The van der Waals surface area contributed by atoms with Gasteiger partial charge in [0.2, 0.25) is 12.0 Å².